The summed E-state index contributed by atoms with van der Waals surface area (Å²) < 4.78 is 9.99. The Balaban J connectivity index is 4.16. The number of hydrogen-bond donors (Lipinski definition) is 0. The van der Waals surface area contributed by atoms with E-state index in [0.717, 1.165) is 18.2 Å². The van der Waals surface area contributed by atoms with Crippen LogP contribution in [0, 0.1) is 5.92 Å². The largest absolute Gasteiger partial charge is 0.425 e. The molecule has 0 fully saturated rings. The average molecular weight is 234 g/mol. The molecule has 15 heavy (non-hydrogen) atoms. The fourth-order valence-corrected chi connectivity index (χ4v) is 1.02. The molecule has 0 aromatic carbocycles. The van der Waals surface area contributed by atoms with E-state index in [2.05, 4.69) is 0 Å². The Morgan fingerprint density at radius 2 is 1.87 bits per heavy atom. The van der Waals surface area contributed by atoms with Crippen molar-refractivity contribution in [1.82, 2.24) is 0 Å². The van der Waals surface area contributed by atoms with Gasteiger partial charge in [0.15, 0.2) is 0 Å². The predicted molar refractivity (Wildman–Crippen MR) is 59.6 cm³/mol. The van der Waals surface area contributed by atoms with Gasteiger partial charge in [-0.15, -0.1) is 0 Å². The first-order chi connectivity index (χ1) is 7.01. The highest BCUT2D eigenvalue weighted by Gasteiger charge is 2.21. The van der Waals surface area contributed by atoms with Crippen LogP contribution >= 0.6 is 11.8 Å². The van der Waals surface area contributed by atoms with Crippen molar-refractivity contribution in [2.24, 2.45) is 5.92 Å². The fourth-order valence-electron chi connectivity index (χ4n) is 0.832. The first kappa shape index (κ1) is 14.3. The Morgan fingerprint density at radius 1 is 1.27 bits per heavy atom. The molecule has 0 aromatic rings. The first-order valence-corrected chi connectivity index (χ1v) is 6.17. The minimum absolute atomic E-state index is 0.0399. The van der Waals surface area contributed by atoms with Gasteiger partial charge in [-0.2, -0.15) is 0 Å². The van der Waals surface area contributed by atoms with Crippen molar-refractivity contribution >= 4 is 23.0 Å². The molecule has 0 rings (SSSR count). The van der Waals surface area contributed by atoms with Crippen molar-refractivity contribution in [3.05, 3.63) is 0 Å². The zero-order chi connectivity index (χ0) is 11.8. The molecule has 0 spiro atoms. The summed E-state index contributed by atoms with van der Waals surface area (Å²) in [5.74, 6) is -0.369. The molecule has 0 aromatic heterocycles. The summed E-state index contributed by atoms with van der Waals surface area (Å²) in [7, 11) is 0. The van der Waals surface area contributed by atoms with Crippen LogP contribution in [0.4, 0.5) is 4.79 Å². The number of ether oxygens (including phenoxy) is 2. The topological polar surface area (TPSA) is 52.6 Å². The van der Waals surface area contributed by atoms with Crippen LogP contribution in [0.25, 0.3) is 0 Å². The molecule has 0 radical (unpaired) electrons. The molecule has 0 bridgehead atoms. The van der Waals surface area contributed by atoms with E-state index in [1.807, 2.05) is 20.8 Å². The zero-order valence-electron chi connectivity index (χ0n) is 9.61. The van der Waals surface area contributed by atoms with Crippen molar-refractivity contribution in [1.29, 1.82) is 0 Å². The lowest BCUT2D eigenvalue weighted by Crippen LogP contribution is -2.27. The minimum Gasteiger partial charge on any atom is -0.425 e. The lowest BCUT2D eigenvalue weighted by Gasteiger charge is -2.20. The third-order valence-corrected chi connectivity index (χ3v) is 2.05. The lowest BCUT2D eigenvalue weighted by atomic mass is 10.2. The van der Waals surface area contributed by atoms with Gasteiger partial charge in [0.2, 0.25) is 0 Å². The Kier molecular flexibility index (Phi) is 7.21. The van der Waals surface area contributed by atoms with E-state index in [0.29, 0.717) is 6.42 Å². The van der Waals surface area contributed by atoms with E-state index < -0.39 is 11.6 Å². The van der Waals surface area contributed by atoms with Crippen LogP contribution in [0.1, 0.15) is 33.6 Å². The molecule has 0 aliphatic carbocycles. The lowest BCUT2D eigenvalue weighted by molar-refractivity contribution is -0.173. The van der Waals surface area contributed by atoms with Gasteiger partial charge in [0.05, 0.1) is 0 Å². The minimum atomic E-state index is -0.774. The van der Waals surface area contributed by atoms with Crippen molar-refractivity contribution < 1.29 is 19.1 Å². The fraction of sp³-hybridized carbons (Fsp3) is 0.800. The SMILES string of the molecule is CCCC(=O)OC(OC(=O)SC)C(C)C. The standard InChI is InChI=1S/C10H18O4S/c1-5-6-8(11)13-9(7(2)3)14-10(12)15-4/h7,9H,5-6H2,1-4H3. The number of esters is 1. The van der Waals surface area contributed by atoms with Crippen molar-refractivity contribution in [3.8, 4) is 0 Å². The van der Waals surface area contributed by atoms with Gasteiger partial charge in [-0.1, -0.05) is 20.8 Å². The monoisotopic (exact) mass is 234 g/mol. The summed E-state index contributed by atoms with van der Waals surface area (Å²) in [5, 5.41) is -0.432. The molecular formula is C10H18O4S. The maximum absolute atomic E-state index is 11.2. The molecule has 0 saturated carbocycles. The third kappa shape index (κ3) is 6.38. The van der Waals surface area contributed by atoms with Gasteiger partial charge >= 0.3 is 11.3 Å². The number of carbonyl (C=O) groups is 2. The van der Waals surface area contributed by atoms with Gasteiger partial charge in [-0.3, -0.25) is 4.79 Å². The van der Waals surface area contributed by atoms with Crippen LogP contribution in [0.5, 0.6) is 0 Å². The zero-order valence-corrected chi connectivity index (χ0v) is 10.4. The average Bonchev–Trinajstić information content (AvgIpc) is 2.16. The molecular weight excluding hydrogens is 216 g/mol. The van der Waals surface area contributed by atoms with E-state index in [1.54, 1.807) is 6.26 Å². The number of thioether (sulfide) groups is 1. The van der Waals surface area contributed by atoms with Gasteiger partial charge < -0.3 is 9.47 Å². The number of carbonyl (C=O) groups excluding carboxylic acids is 2. The predicted octanol–water partition coefficient (Wildman–Crippen LogP) is 2.81. The van der Waals surface area contributed by atoms with Crippen LogP contribution in [0.15, 0.2) is 0 Å². The van der Waals surface area contributed by atoms with E-state index in [9.17, 15) is 9.59 Å². The van der Waals surface area contributed by atoms with Crippen molar-refractivity contribution in [3.63, 3.8) is 0 Å². The van der Waals surface area contributed by atoms with E-state index in [4.69, 9.17) is 9.47 Å². The van der Waals surface area contributed by atoms with Crippen LogP contribution in [-0.2, 0) is 14.3 Å². The van der Waals surface area contributed by atoms with E-state index >= 15 is 0 Å². The number of rotatable bonds is 5. The molecule has 4 nitrogen and oxygen atoms in total. The van der Waals surface area contributed by atoms with Gasteiger partial charge in [0, 0.05) is 12.3 Å². The van der Waals surface area contributed by atoms with Crippen LogP contribution < -0.4 is 0 Å². The van der Waals surface area contributed by atoms with Gasteiger partial charge in [0.1, 0.15) is 0 Å². The summed E-state index contributed by atoms with van der Waals surface area (Å²) in [6.07, 6.45) is 1.91. The number of hydrogen-bond acceptors (Lipinski definition) is 5. The Bertz CT molecular complexity index is 215. The second kappa shape index (κ2) is 7.56. The summed E-state index contributed by atoms with van der Waals surface area (Å²) >= 11 is 0.959. The summed E-state index contributed by atoms with van der Waals surface area (Å²) in [5.41, 5.74) is 0. The summed E-state index contributed by atoms with van der Waals surface area (Å²) in [4.78, 5) is 22.2. The van der Waals surface area contributed by atoms with Gasteiger partial charge in [0.25, 0.3) is 6.29 Å². The molecule has 0 amide bonds. The highest BCUT2D eigenvalue weighted by Crippen LogP contribution is 2.13. The normalized spacial score (nSPS) is 12.3. The molecule has 5 heteroatoms. The smallest absolute Gasteiger partial charge is 0.370 e. The molecule has 0 heterocycles. The van der Waals surface area contributed by atoms with Gasteiger partial charge in [-0.05, 0) is 24.4 Å². The summed E-state index contributed by atoms with van der Waals surface area (Å²) in [6.45, 7) is 5.55. The quantitative estimate of drug-likeness (QED) is 0.541. The maximum Gasteiger partial charge on any atom is 0.370 e. The second-order valence-corrected chi connectivity index (χ2v) is 4.17. The highest BCUT2D eigenvalue weighted by molar-refractivity contribution is 8.12. The van der Waals surface area contributed by atoms with Crippen LogP contribution in [0.3, 0.4) is 0 Å². The summed E-state index contributed by atoms with van der Waals surface area (Å²) in [6, 6.07) is 0. The Morgan fingerprint density at radius 3 is 2.27 bits per heavy atom. The van der Waals surface area contributed by atoms with E-state index in [1.165, 1.54) is 0 Å². The molecule has 0 saturated heterocycles. The van der Waals surface area contributed by atoms with Gasteiger partial charge in [-0.25, -0.2) is 4.79 Å². The van der Waals surface area contributed by atoms with Crippen LogP contribution in [0.2, 0.25) is 0 Å². The second-order valence-electron chi connectivity index (χ2n) is 3.42. The maximum atomic E-state index is 11.2. The molecule has 0 N–H and O–H groups in total. The van der Waals surface area contributed by atoms with Crippen molar-refractivity contribution in [2.45, 2.75) is 39.9 Å². The highest BCUT2D eigenvalue weighted by atomic mass is 32.2. The molecule has 88 valence electrons. The van der Waals surface area contributed by atoms with E-state index in [-0.39, 0.29) is 11.9 Å². The third-order valence-electron chi connectivity index (χ3n) is 1.63. The molecule has 1 unspecified atom stereocenters. The Hall–Kier alpha value is -0.710. The molecule has 0 aliphatic rings. The first-order valence-electron chi connectivity index (χ1n) is 4.95. The molecule has 1 atom stereocenters. The van der Waals surface area contributed by atoms with Crippen LogP contribution in [-0.4, -0.2) is 23.8 Å². The molecule has 0 aliphatic heterocycles. The van der Waals surface area contributed by atoms with Crippen molar-refractivity contribution in [2.75, 3.05) is 6.26 Å². The Labute approximate surface area is 94.7 Å².